The van der Waals surface area contributed by atoms with Crippen LogP contribution < -0.4 is 10.1 Å². The maximum absolute atomic E-state index is 10.9. The van der Waals surface area contributed by atoms with Gasteiger partial charge >= 0.3 is 6.09 Å². The molecule has 0 bridgehead atoms. The highest BCUT2D eigenvalue weighted by Gasteiger charge is 2.11. The molecule has 1 rings (SSSR count). The highest BCUT2D eigenvalue weighted by Crippen LogP contribution is 2.18. The normalized spacial score (nSPS) is 10.9. The molecule has 0 aliphatic carbocycles. The molecule has 0 unspecified atom stereocenters. The summed E-state index contributed by atoms with van der Waals surface area (Å²) < 4.78 is 10.2. The number of carbonyl (C=O) groups excluding carboxylic acids is 1. The Labute approximate surface area is 108 Å². The number of carbonyl (C=O) groups is 1. The van der Waals surface area contributed by atoms with E-state index < -0.39 is 6.09 Å². The third-order valence-corrected chi connectivity index (χ3v) is 2.22. The maximum Gasteiger partial charge on any atom is 0.406 e. The Morgan fingerprint density at radius 3 is 2.33 bits per heavy atom. The van der Waals surface area contributed by atoms with Gasteiger partial charge in [0.15, 0.2) is 0 Å². The first-order valence-electron chi connectivity index (χ1n) is 6.00. The van der Waals surface area contributed by atoms with Crippen LogP contribution in [0.15, 0.2) is 24.3 Å². The van der Waals surface area contributed by atoms with E-state index in [-0.39, 0.29) is 5.60 Å². The van der Waals surface area contributed by atoms with Gasteiger partial charge in [-0.15, -0.1) is 0 Å². The molecular formula is C14H21NO3. The Bertz CT molecular complexity index is 379. The van der Waals surface area contributed by atoms with Crippen molar-refractivity contribution in [3.8, 4) is 5.75 Å². The van der Waals surface area contributed by atoms with Gasteiger partial charge in [-0.2, -0.15) is 0 Å². The first-order valence-corrected chi connectivity index (χ1v) is 6.00. The quantitative estimate of drug-likeness (QED) is 0.895. The van der Waals surface area contributed by atoms with Gasteiger partial charge in [0.05, 0.1) is 7.11 Å². The molecule has 1 aromatic rings. The number of ether oxygens (including phenoxy) is 2. The first kappa shape index (κ1) is 14.4. The predicted octanol–water partition coefficient (Wildman–Crippen LogP) is 2.76. The zero-order chi connectivity index (χ0) is 13.6. The number of methoxy groups -OCH3 is 1. The number of hydrogen-bond donors (Lipinski definition) is 1. The van der Waals surface area contributed by atoms with Crippen molar-refractivity contribution in [3.05, 3.63) is 29.8 Å². The average Bonchev–Trinajstić information content (AvgIpc) is 2.29. The number of benzene rings is 1. The number of rotatable bonds is 4. The SMILES string of the molecule is COC(=O)NCCc1ccc(OC(C)(C)C)cc1. The second-order valence-corrected chi connectivity index (χ2v) is 5.03. The van der Waals surface area contributed by atoms with Crippen molar-refractivity contribution in [2.24, 2.45) is 0 Å². The molecule has 0 aliphatic heterocycles. The van der Waals surface area contributed by atoms with Gasteiger partial charge in [0.25, 0.3) is 0 Å². The van der Waals surface area contributed by atoms with Crippen molar-refractivity contribution in [1.29, 1.82) is 0 Å². The van der Waals surface area contributed by atoms with E-state index in [1.54, 1.807) is 0 Å². The Kier molecular flexibility index (Phi) is 5.01. The maximum atomic E-state index is 10.9. The van der Waals surface area contributed by atoms with Gasteiger partial charge in [0, 0.05) is 6.54 Å². The van der Waals surface area contributed by atoms with Crippen molar-refractivity contribution >= 4 is 6.09 Å². The fraction of sp³-hybridized carbons (Fsp3) is 0.500. The lowest BCUT2D eigenvalue weighted by molar-refractivity contribution is 0.131. The summed E-state index contributed by atoms with van der Waals surface area (Å²) in [6.07, 6.45) is 0.368. The molecule has 0 aliphatic rings. The van der Waals surface area contributed by atoms with Gasteiger partial charge in [-0.1, -0.05) is 12.1 Å². The summed E-state index contributed by atoms with van der Waals surface area (Å²) in [5.74, 6) is 0.854. The zero-order valence-corrected chi connectivity index (χ0v) is 11.4. The Morgan fingerprint density at radius 2 is 1.83 bits per heavy atom. The average molecular weight is 251 g/mol. The van der Waals surface area contributed by atoms with Gasteiger partial charge in [-0.25, -0.2) is 4.79 Å². The van der Waals surface area contributed by atoms with Crippen LogP contribution in [0.25, 0.3) is 0 Å². The molecule has 1 N–H and O–H groups in total. The Morgan fingerprint density at radius 1 is 1.22 bits per heavy atom. The smallest absolute Gasteiger partial charge is 0.406 e. The van der Waals surface area contributed by atoms with E-state index in [1.807, 2.05) is 45.0 Å². The lowest BCUT2D eigenvalue weighted by Gasteiger charge is -2.21. The highest BCUT2D eigenvalue weighted by atomic mass is 16.5. The molecule has 4 nitrogen and oxygen atoms in total. The van der Waals surface area contributed by atoms with Crippen LogP contribution in [-0.4, -0.2) is 25.3 Å². The van der Waals surface area contributed by atoms with Crippen LogP contribution in [0, 0.1) is 0 Å². The van der Waals surface area contributed by atoms with Crippen molar-refractivity contribution in [1.82, 2.24) is 5.32 Å². The minimum Gasteiger partial charge on any atom is -0.488 e. The second kappa shape index (κ2) is 6.28. The minimum absolute atomic E-state index is 0.187. The van der Waals surface area contributed by atoms with E-state index >= 15 is 0 Å². The van der Waals surface area contributed by atoms with Crippen molar-refractivity contribution < 1.29 is 14.3 Å². The van der Waals surface area contributed by atoms with E-state index in [0.29, 0.717) is 6.54 Å². The van der Waals surface area contributed by atoms with Crippen LogP contribution >= 0.6 is 0 Å². The molecule has 0 heterocycles. The molecule has 100 valence electrons. The van der Waals surface area contributed by atoms with Crippen LogP contribution in [0.5, 0.6) is 5.75 Å². The number of alkyl carbamates (subject to hydrolysis) is 1. The molecule has 0 atom stereocenters. The number of hydrogen-bond acceptors (Lipinski definition) is 3. The Balaban J connectivity index is 2.43. The molecule has 4 heteroatoms. The molecule has 0 saturated heterocycles. The molecule has 0 saturated carbocycles. The third-order valence-electron chi connectivity index (χ3n) is 2.22. The molecule has 0 radical (unpaired) electrons. The third kappa shape index (κ3) is 5.57. The van der Waals surface area contributed by atoms with Crippen LogP contribution in [-0.2, 0) is 11.2 Å². The van der Waals surface area contributed by atoms with E-state index in [1.165, 1.54) is 7.11 Å². The van der Waals surface area contributed by atoms with Gasteiger partial charge in [0.1, 0.15) is 11.4 Å². The second-order valence-electron chi connectivity index (χ2n) is 5.03. The summed E-state index contributed by atoms with van der Waals surface area (Å²) in [5.41, 5.74) is 0.959. The van der Waals surface area contributed by atoms with Crippen LogP contribution in [0.2, 0.25) is 0 Å². The van der Waals surface area contributed by atoms with E-state index in [9.17, 15) is 4.79 Å². The fourth-order valence-corrected chi connectivity index (χ4v) is 1.46. The minimum atomic E-state index is -0.400. The summed E-state index contributed by atoms with van der Waals surface area (Å²) in [6.45, 7) is 6.61. The van der Waals surface area contributed by atoms with Crippen LogP contribution in [0.3, 0.4) is 0 Å². The highest BCUT2D eigenvalue weighted by molar-refractivity contribution is 5.66. The lowest BCUT2D eigenvalue weighted by Crippen LogP contribution is -2.25. The zero-order valence-electron chi connectivity index (χ0n) is 11.4. The molecule has 0 fully saturated rings. The first-order chi connectivity index (χ1) is 8.40. The monoisotopic (exact) mass is 251 g/mol. The molecule has 18 heavy (non-hydrogen) atoms. The van der Waals surface area contributed by atoms with E-state index in [2.05, 4.69) is 10.1 Å². The van der Waals surface area contributed by atoms with Crippen molar-refractivity contribution in [2.45, 2.75) is 32.8 Å². The number of nitrogens with one attached hydrogen (secondary N) is 1. The Hall–Kier alpha value is -1.71. The summed E-state index contributed by atoms with van der Waals surface area (Å²) in [7, 11) is 1.36. The molecule has 0 spiro atoms. The molecule has 1 amide bonds. The molecule has 1 aromatic carbocycles. The summed E-state index contributed by atoms with van der Waals surface area (Å²) in [6, 6.07) is 7.89. The summed E-state index contributed by atoms with van der Waals surface area (Å²) >= 11 is 0. The standard InChI is InChI=1S/C14H21NO3/c1-14(2,3)18-12-7-5-11(6-8-12)9-10-15-13(16)17-4/h5-8H,9-10H2,1-4H3,(H,15,16). The largest absolute Gasteiger partial charge is 0.488 e. The number of amides is 1. The summed E-state index contributed by atoms with van der Waals surface area (Å²) in [5, 5.41) is 2.64. The summed E-state index contributed by atoms with van der Waals surface area (Å²) in [4.78, 5) is 10.9. The topological polar surface area (TPSA) is 47.6 Å². The van der Waals surface area contributed by atoms with E-state index in [4.69, 9.17) is 4.74 Å². The van der Waals surface area contributed by atoms with Gasteiger partial charge in [-0.3, -0.25) is 0 Å². The predicted molar refractivity (Wildman–Crippen MR) is 70.9 cm³/mol. The molecule has 0 aromatic heterocycles. The van der Waals surface area contributed by atoms with Crippen molar-refractivity contribution in [3.63, 3.8) is 0 Å². The van der Waals surface area contributed by atoms with Crippen LogP contribution in [0.4, 0.5) is 4.79 Å². The van der Waals surface area contributed by atoms with Gasteiger partial charge < -0.3 is 14.8 Å². The fourth-order valence-electron chi connectivity index (χ4n) is 1.46. The lowest BCUT2D eigenvalue weighted by atomic mass is 10.1. The molecular weight excluding hydrogens is 230 g/mol. The van der Waals surface area contributed by atoms with Gasteiger partial charge in [0.2, 0.25) is 0 Å². The van der Waals surface area contributed by atoms with E-state index in [0.717, 1.165) is 17.7 Å². The van der Waals surface area contributed by atoms with Gasteiger partial charge in [-0.05, 0) is 44.9 Å². The van der Waals surface area contributed by atoms with Crippen molar-refractivity contribution in [2.75, 3.05) is 13.7 Å². The van der Waals surface area contributed by atoms with Crippen LogP contribution in [0.1, 0.15) is 26.3 Å².